The molecule has 0 bridgehead atoms. The van der Waals surface area contributed by atoms with Crippen LogP contribution in [-0.4, -0.2) is 25.8 Å². The maximum atomic E-state index is 9.92. The monoisotopic (exact) mass is 155 g/mol. The number of aromatic amines is 2. The fraction of sp³-hybridized carbons (Fsp3) is 0. The zero-order chi connectivity index (χ0) is 7.94. The fourth-order valence-corrected chi connectivity index (χ4v) is 0.351. The van der Waals surface area contributed by atoms with Gasteiger partial charge in [-0.25, -0.2) is 0 Å². The second kappa shape index (κ2) is 3.99. The number of hydrogen-bond donors (Lipinski definition) is 2. The van der Waals surface area contributed by atoms with Crippen molar-refractivity contribution in [1.29, 1.82) is 0 Å². The first-order chi connectivity index (χ1) is 5.39. The van der Waals surface area contributed by atoms with Gasteiger partial charge in [-0.2, -0.15) is 10.4 Å². The molecule has 0 saturated heterocycles. The van der Waals surface area contributed by atoms with E-state index in [9.17, 15) is 4.79 Å². The van der Waals surface area contributed by atoms with E-state index in [-0.39, 0.29) is 5.56 Å². The van der Waals surface area contributed by atoms with Gasteiger partial charge in [-0.05, 0) is 0 Å². The third-order valence-electron chi connectivity index (χ3n) is 0.717. The molecular formula is C4H5N5O2. The quantitative estimate of drug-likeness (QED) is 0.517. The number of tetrazole rings is 1. The molecule has 0 amide bonds. The second-order valence-electron chi connectivity index (χ2n) is 1.45. The highest BCUT2D eigenvalue weighted by Gasteiger charge is 1.73. The minimum Gasteiger partial charge on any atom is -0.387 e. The molecule has 0 saturated carbocycles. The Hall–Kier alpha value is -1.92. The first kappa shape index (κ1) is 7.19. The summed E-state index contributed by atoms with van der Waals surface area (Å²) in [5, 5.41) is 14.2. The van der Waals surface area contributed by atoms with Crippen molar-refractivity contribution in [2.24, 2.45) is 0 Å². The van der Waals surface area contributed by atoms with Gasteiger partial charge in [0, 0.05) is 6.07 Å². The van der Waals surface area contributed by atoms with Gasteiger partial charge < -0.3 is 4.52 Å². The number of hydrogen-bond acceptors (Lipinski definition) is 5. The van der Waals surface area contributed by atoms with Gasteiger partial charge in [0.2, 0.25) is 0 Å². The summed E-state index contributed by atoms with van der Waals surface area (Å²) in [6, 6.07) is 1.31. The molecule has 2 aromatic rings. The number of nitrogens with one attached hydrogen (secondary N) is 2. The zero-order valence-corrected chi connectivity index (χ0v) is 5.39. The minimum absolute atomic E-state index is 0.199. The molecule has 7 heteroatoms. The third kappa shape index (κ3) is 2.94. The van der Waals surface area contributed by atoms with E-state index < -0.39 is 0 Å². The predicted octanol–water partition coefficient (Wildman–Crippen LogP) is -0.832. The van der Waals surface area contributed by atoms with Crippen molar-refractivity contribution >= 4 is 0 Å². The molecule has 0 unspecified atom stereocenters. The molecular weight excluding hydrogens is 150 g/mol. The molecule has 0 spiro atoms. The van der Waals surface area contributed by atoms with Crippen molar-refractivity contribution in [3.8, 4) is 0 Å². The molecule has 0 atom stereocenters. The summed E-state index contributed by atoms with van der Waals surface area (Å²) in [5.41, 5.74) is -0.199. The largest absolute Gasteiger partial charge is 0.387 e. The first-order valence-corrected chi connectivity index (χ1v) is 2.68. The van der Waals surface area contributed by atoms with Gasteiger partial charge in [0.15, 0.2) is 6.33 Å². The van der Waals surface area contributed by atoms with Crippen molar-refractivity contribution in [3.05, 3.63) is 29.0 Å². The number of nitrogens with zero attached hydrogens (tertiary/aromatic N) is 3. The lowest BCUT2D eigenvalue weighted by Gasteiger charge is -1.54. The summed E-state index contributed by atoms with van der Waals surface area (Å²) in [7, 11) is 0. The Morgan fingerprint density at radius 1 is 1.55 bits per heavy atom. The van der Waals surface area contributed by atoms with Gasteiger partial charge >= 0.3 is 0 Å². The molecule has 2 N–H and O–H groups in total. The zero-order valence-electron chi connectivity index (χ0n) is 5.39. The summed E-state index contributed by atoms with van der Waals surface area (Å²) in [6.07, 6.45) is 2.63. The maximum Gasteiger partial charge on any atom is 0.279 e. The topological polar surface area (TPSA) is 100 Å². The average Bonchev–Trinajstić information content (AvgIpc) is 2.57. The van der Waals surface area contributed by atoms with Crippen LogP contribution in [0.3, 0.4) is 0 Å². The van der Waals surface area contributed by atoms with Crippen molar-refractivity contribution in [1.82, 2.24) is 25.8 Å². The Kier molecular flexibility index (Phi) is 2.61. The third-order valence-corrected chi connectivity index (χ3v) is 0.717. The highest BCUT2D eigenvalue weighted by Crippen LogP contribution is 1.62. The molecule has 0 aliphatic heterocycles. The Morgan fingerprint density at radius 2 is 2.45 bits per heavy atom. The van der Waals surface area contributed by atoms with E-state index >= 15 is 0 Å². The molecule has 0 aliphatic rings. The normalized spacial score (nSPS) is 8.36. The molecule has 2 aromatic heterocycles. The lowest BCUT2D eigenvalue weighted by molar-refractivity contribution is 0.413. The molecule has 7 nitrogen and oxygen atoms in total. The summed E-state index contributed by atoms with van der Waals surface area (Å²) < 4.78 is 4.28. The molecule has 0 radical (unpaired) electrons. The Balaban J connectivity index is 0.000000112. The Morgan fingerprint density at radius 3 is 2.64 bits per heavy atom. The van der Waals surface area contributed by atoms with Crippen LogP contribution in [0.5, 0.6) is 0 Å². The maximum absolute atomic E-state index is 9.92. The van der Waals surface area contributed by atoms with E-state index in [2.05, 4.69) is 30.3 Å². The molecule has 0 aliphatic carbocycles. The van der Waals surface area contributed by atoms with Crippen molar-refractivity contribution in [2.75, 3.05) is 0 Å². The SMILES string of the molecule is O=c1cco[nH]1.c1nn[nH]n1. The van der Waals surface area contributed by atoms with Crippen LogP contribution in [-0.2, 0) is 0 Å². The van der Waals surface area contributed by atoms with E-state index in [4.69, 9.17) is 0 Å². The lowest BCUT2D eigenvalue weighted by atomic mass is 10.8. The molecule has 2 heterocycles. The summed E-state index contributed by atoms with van der Waals surface area (Å²) >= 11 is 0. The number of rotatable bonds is 0. The van der Waals surface area contributed by atoms with Crippen molar-refractivity contribution < 1.29 is 4.52 Å². The molecule has 58 valence electrons. The van der Waals surface area contributed by atoms with Crippen LogP contribution in [0.1, 0.15) is 0 Å². The molecule has 0 fully saturated rings. The second-order valence-corrected chi connectivity index (χ2v) is 1.45. The minimum atomic E-state index is -0.199. The van der Waals surface area contributed by atoms with Gasteiger partial charge in [0.25, 0.3) is 5.56 Å². The van der Waals surface area contributed by atoms with Crippen LogP contribution < -0.4 is 5.56 Å². The van der Waals surface area contributed by atoms with E-state index in [0.717, 1.165) is 0 Å². The van der Waals surface area contributed by atoms with Crippen LogP contribution in [0, 0.1) is 0 Å². The summed E-state index contributed by atoms with van der Waals surface area (Å²) in [4.78, 5) is 9.92. The van der Waals surface area contributed by atoms with Crippen LogP contribution in [0.4, 0.5) is 0 Å². The van der Waals surface area contributed by atoms with Gasteiger partial charge in [0.1, 0.15) is 6.26 Å². The van der Waals surface area contributed by atoms with Crippen LogP contribution in [0.2, 0.25) is 0 Å². The van der Waals surface area contributed by atoms with Crippen LogP contribution in [0.15, 0.2) is 28.0 Å². The van der Waals surface area contributed by atoms with E-state index in [1.54, 1.807) is 0 Å². The van der Waals surface area contributed by atoms with E-state index in [0.29, 0.717) is 0 Å². The van der Waals surface area contributed by atoms with Gasteiger partial charge in [-0.1, -0.05) is 5.21 Å². The van der Waals surface area contributed by atoms with E-state index in [1.807, 2.05) is 0 Å². The van der Waals surface area contributed by atoms with Crippen molar-refractivity contribution in [2.45, 2.75) is 0 Å². The predicted molar refractivity (Wildman–Crippen MR) is 33.5 cm³/mol. The Bertz CT molecular complexity index is 275. The number of H-pyrrole nitrogens is 2. The fourth-order valence-electron chi connectivity index (χ4n) is 0.351. The first-order valence-electron chi connectivity index (χ1n) is 2.68. The lowest BCUT2D eigenvalue weighted by Crippen LogP contribution is -1.91. The summed E-state index contributed by atoms with van der Waals surface area (Å²) in [5.74, 6) is 0. The van der Waals surface area contributed by atoms with Gasteiger partial charge in [-0.15, -0.1) is 10.2 Å². The van der Waals surface area contributed by atoms with E-state index in [1.165, 1.54) is 18.7 Å². The highest BCUT2D eigenvalue weighted by molar-refractivity contribution is 4.71. The van der Waals surface area contributed by atoms with Crippen LogP contribution in [0.25, 0.3) is 0 Å². The van der Waals surface area contributed by atoms with Gasteiger partial charge in [0.05, 0.1) is 0 Å². The molecule has 2 rings (SSSR count). The van der Waals surface area contributed by atoms with Crippen molar-refractivity contribution in [3.63, 3.8) is 0 Å². The number of aromatic nitrogens is 5. The molecule has 0 aromatic carbocycles. The highest BCUT2D eigenvalue weighted by atomic mass is 16.5. The Labute approximate surface area is 60.4 Å². The average molecular weight is 155 g/mol. The smallest absolute Gasteiger partial charge is 0.279 e. The summed E-state index contributed by atoms with van der Waals surface area (Å²) in [6.45, 7) is 0. The van der Waals surface area contributed by atoms with Crippen LogP contribution >= 0.6 is 0 Å². The van der Waals surface area contributed by atoms with Gasteiger partial charge in [-0.3, -0.25) is 4.79 Å². The standard InChI is InChI=1S/C3H3NO2.CH2N4/c5-3-1-2-6-4-3;1-2-4-5-3-1/h1-2H,(H,4,5);1H,(H,2,3,4,5). The molecule has 11 heavy (non-hydrogen) atoms.